The lowest BCUT2D eigenvalue weighted by Gasteiger charge is -2.10. The zero-order valence-corrected chi connectivity index (χ0v) is 13.8. The van der Waals surface area contributed by atoms with Crippen molar-refractivity contribution in [2.24, 2.45) is 0 Å². The summed E-state index contributed by atoms with van der Waals surface area (Å²) in [6, 6.07) is 10.4. The molecule has 0 aliphatic rings. The van der Waals surface area contributed by atoms with E-state index in [1.807, 2.05) is 12.3 Å². The summed E-state index contributed by atoms with van der Waals surface area (Å²) in [4.78, 5) is 13.3. The summed E-state index contributed by atoms with van der Waals surface area (Å²) in [7, 11) is 1.53. The maximum absolute atomic E-state index is 12.3. The normalized spacial score (nSPS) is 10.3. The number of halogens is 2. The van der Waals surface area contributed by atoms with E-state index in [1.165, 1.54) is 7.11 Å². The number of hydrogen-bond acceptors (Lipinski definition) is 3. The highest BCUT2D eigenvalue weighted by Crippen LogP contribution is 2.28. The first kappa shape index (κ1) is 16.0. The van der Waals surface area contributed by atoms with Crippen molar-refractivity contribution in [3.8, 4) is 5.75 Å². The standard InChI is InChI=1S/C15H13Cl2NO2S/c1-20-14-6-3-9(7-13(14)17)18-15(19)11-8-10(21-2)4-5-12(11)16/h3-8H,1-2H3,(H,18,19). The minimum Gasteiger partial charge on any atom is -0.495 e. The van der Waals surface area contributed by atoms with Gasteiger partial charge in [-0.3, -0.25) is 4.79 Å². The molecule has 1 amide bonds. The first-order valence-corrected chi connectivity index (χ1v) is 8.01. The van der Waals surface area contributed by atoms with Crippen LogP contribution in [-0.2, 0) is 0 Å². The zero-order valence-electron chi connectivity index (χ0n) is 11.4. The Labute approximate surface area is 137 Å². The maximum atomic E-state index is 12.3. The molecular weight excluding hydrogens is 329 g/mol. The lowest BCUT2D eigenvalue weighted by molar-refractivity contribution is 0.102. The van der Waals surface area contributed by atoms with Gasteiger partial charge in [0.25, 0.3) is 5.91 Å². The summed E-state index contributed by atoms with van der Waals surface area (Å²) >= 11 is 13.7. The van der Waals surface area contributed by atoms with Crippen LogP contribution >= 0.6 is 35.0 Å². The lowest BCUT2D eigenvalue weighted by Crippen LogP contribution is -2.12. The van der Waals surface area contributed by atoms with Crippen molar-refractivity contribution in [2.75, 3.05) is 18.7 Å². The van der Waals surface area contributed by atoms with Gasteiger partial charge < -0.3 is 10.1 Å². The van der Waals surface area contributed by atoms with Crippen molar-refractivity contribution >= 4 is 46.6 Å². The minimum atomic E-state index is -0.280. The third kappa shape index (κ3) is 3.84. The van der Waals surface area contributed by atoms with Crippen LogP contribution in [0.3, 0.4) is 0 Å². The molecule has 0 spiro atoms. The van der Waals surface area contributed by atoms with Crippen LogP contribution in [0.4, 0.5) is 5.69 Å². The molecule has 0 heterocycles. The second-order valence-electron chi connectivity index (χ2n) is 4.15. The SMILES string of the molecule is COc1ccc(NC(=O)c2cc(SC)ccc2Cl)cc1Cl. The van der Waals surface area contributed by atoms with Gasteiger partial charge in [-0.15, -0.1) is 11.8 Å². The molecule has 0 saturated heterocycles. The van der Waals surface area contributed by atoms with Crippen LogP contribution in [0.15, 0.2) is 41.3 Å². The molecule has 0 radical (unpaired) electrons. The van der Waals surface area contributed by atoms with Crippen molar-refractivity contribution in [3.05, 3.63) is 52.0 Å². The van der Waals surface area contributed by atoms with Gasteiger partial charge in [-0.25, -0.2) is 0 Å². The van der Waals surface area contributed by atoms with E-state index in [0.717, 1.165) is 4.90 Å². The van der Waals surface area contributed by atoms with Gasteiger partial charge in [0.15, 0.2) is 0 Å². The van der Waals surface area contributed by atoms with Crippen molar-refractivity contribution in [1.29, 1.82) is 0 Å². The number of amides is 1. The molecule has 0 bridgehead atoms. The average molecular weight is 342 g/mol. The number of methoxy groups -OCH3 is 1. The Bertz CT molecular complexity index is 677. The smallest absolute Gasteiger partial charge is 0.257 e. The molecule has 0 aliphatic carbocycles. The first-order valence-electron chi connectivity index (χ1n) is 6.03. The van der Waals surface area contributed by atoms with Crippen LogP contribution in [0.5, 0.6) is 5.75 Å². The molecule has 0 aliphatic heterocycles. The number of thioether (sulfide) groups is 1. The molecule has 0 atom stereocenters. The Morgan fingerprint density at radius 2 is 1.90 bits per heavy atom. The third-order valence-electron chi connectivity index (χ3n) is 2.83. The Morgan fingerprint density at radius 1 is 1.14 bits per heavy atom. The number of carbonyl (C=O) groups excluding carboxylic acids is 1. The van der Waals surface area contributed by atoms with Gasteiger partial charge in [-0.2, -0.15) is 0 Å². The fourth-order valence-corrected chi connectivity index (χ4v) is 2.65. The molecule has 2 aromatic carbocycles. The Balaban J connectivity index is 2.23. The van der Waals surface area contributed by atoms with E-state index in [0.29, 0.717) is 27.0 Å². The number of rotatable bonds is 4. The molecule has 3 nitrogen and oxygen atoms in total. The van der Waals surface area contributed by atoms with E-state index in [4.69, 9.17) is 27.9 Å². The first-order chi connectivity index (χ1) is 10.0. The highest BCUT2D eigenvalue weighted by Gasteiger charge is 2.12. The summed E-state index contributed by atoms with van der Waals surface area (Å²) in [5.41, 5.74) is 1.01. The Hall–Kier alpha value is -1.36. The molecule has 2 rings (SSSR count). The van der Waals surface area contributed by atoms with Gasteiger partial charge in [0.1, 0.15) is 5.75 Å². The number of hydrogen-bond donors (Lipinski definition) is 1. The highest BCUT2D eigenvalue weighted by molar-refractivity contribution is 7.98. The van der Waals surface area contributed by atoms with Gasteiger partial charge >= 0.3 is 0 Å². The molecule has 0 aromatic heterocycles. The van der Waals surface area contributed by atoms with E-state index in [2.05, 4.69) is 5.32 Å². The van der Waals surface area contributed by atoms with Crippen LogP contribution in [0.2, 0.25) is 10.0 Å². The molecule has 1 N–H and O–H groups in total. The average Bonchev–Trinajstić information content (AvgIpc) is 2.48. The summed E-state index contributed by atoms with van der Waals surface area (Å²) in [5.74, 6) is 0.272. The second-order valence-corrected chi connectivity index (χ2v) is 5.84. The monoisotopic (exact) mass is 341 g/mol. The summed E-state index contributed by atoms with van der Waals surface area (Å²) in [6.07, 6.45) is 1.94. The van der Waals surface area contributed by atoms with E-state index >= 15 is 0 Å². The number of carbonyl (C=O) groups is 1. The molecule has 110 valence electrons. The van der Waals surface area contributed by atoms with E-state index < -0.39 is 0 Å². The molecule has 0 saturated carbocycles. The van der Waals surface area contributed by atoms with Gasteiger partial charge in [-0.1, -0.05) is 23.2 Å². The van der Waals surface area contributed by atoms with E-state index in [1.54, 1.807) is 42.1 Å². The molecule has 21 heavy (non-hydrogen) atoms. The summed E-state index contributed by atoms with van der Waals surface area (Å²) in [6.45, 7) is 0. The third-order valence-corrected chi connectivity index (χ3v) is 4.18. The molecule has 0 unspecified atom stereocenters. The predicted molar refractivity (Wildman–Crippen MR) is 89.2 cm³/mol. The lowest BCUT2D eigenvalue weighted by atomic mass is 10.2. The van der Waals surface area contributed by atoms with Crippen LogP contribution in [0, 0.1) is 0 Å². The van der Waals surface area contributed by atoms with Crippen molar-refractivity contribution in [1.82, 2.24) is 0 Å². The zero-order chi connectivity index (χ0) is 15.4. The van der Waals surface area contributed by atoms with Crippen LogP contribution in [0.25, 0.3) is 0 Å². The number of anilines is 1. The predicted octanol–water partition coefficient (Wildman–Crippen LogP) is 4.98. The van der Waals surface area contributed by atoms with Crippen LogP contribution in [-0.4, -0.2) is 19.3 Å². The quantitative estimate of drug-likeness (QED) is 0.797. The fraction of sp³-hybridized carbons (Fsp3) is 0.133. The van der Waals surface area contributed by atoms with E-state index in [-0.39, 0.29) is 5.91 Å². The van der Waals surface area contributed by atoms with Crippen molar-refractivity contribution in [2.45, 2.75) is 4.90 Å². The fourth-order valence-electron chi connectivity index (χ4n) is 1.75. The topological polar surface area (TPSA) is 38.3 Å². The second kappa shape index (κ2) is 7.07. The summed E-state index contributed by atoms with van der Waals surface area (Å²) in [5, 5.41) is 3.61. The highest BCUT2D eigenvalue weighted by atomic mass is 35.5. The van der Waals surface area contributed by atoms with Gasteiger partial charge in [0.2, 0.25) is 0 Å². The molecular formula is C15H13Cl2NO2S. The Kier molecular flexibility index (Phi) is 5.39. The number of benzene rings is 2. The van der Waals surface area contributed by atoms with Crippen molar-refractivity contribution < 1.29 is 9.53 Å². The molecule has 0 fully saturated rings. The molecule has 6 heteroatoms. The summed E-state index contributed by atoms with van der Waals surface area (Å²) < 4.78 is 5.07. The Morgan fingerprint density at radius 3 is 2.52 bits per heavy atom. The van der Waals surface area contributed by atoms with Gasteiger partial charge in [0, 0.05) is 10.6 Å². The van der Waals surface area contributed by atoms with Gasteiger partial charge in [-0.05, 0) is 42.7 Å². The maximum Gasteiger partial charge on any atom is 0.257 e. The number of ether oxygens (including phenoxy) is 1. The van der Waals surface area contributed by atoms with Crippen molar-refractivity contribution in [3.63, 3.8) is 0 Å². The van der Waals surface area contributed by atoms with Gasteiger partial charge in [0.05, 0.1) is 22.7 Å². The number of nitrogens with one attached hydrogen (secondary N) is 1. The van der Waals surface area contributed by atoms with Crippen LogP contribution < -0.4 is 10.1 Å². The minimum absolute atomic E-state index is 0.280. The molecule has 2 aromatic rings. The van der Waals surface area contributed by atoms with Crippen LogP contribution in [0.1, 0.15) is 10.4 Å². The largest absolute Gasteiger partial charge is 0.495 e. The van der Waals surface area contributed by atoms with E-state index in [9.17, 15) is 4.79 Å².